The number of rotatable bonds is 6. The van der Waals surface area contributed by atoms with Gasteiger partial charge in [0.25, 0.3) is 0 Å². The Hall–Kier alpha value is -1.61. The van der Waals surface area contributed by atoms with Crippen molar-refractivity contribution in [3.63, 3.8) is 0 Å². The van der Waals surface area contributed by atoms with E-state index in [1.54, 1.807) is 0 Å². The van der Waals surface area contributed by atoms with Crippen LogP contribution in [-0.4, -0.2) is 16.3 Å². The van der Waals surface area contributed by atoms with Crippen LogP contribution in [0.25, 0.3) is 0 Å². The largest absolute Gasteiger partial charge is 0.308 e. The lowest BCUT2D eigenvalue weighted by Gasteiger charge is -2.16. The Labute approximate surface area is 109 Å². The van der Waals surface area contributed by atoms with Crippen LogP contribution in [-0.2, 0) is 13.5 Å². The number of nitrogens with zero attached hydrogens (tertiary/aromatic N) is 2. The lowest BCUT2D eigenvalue weighted by Crippen LogP contribution is -2.24. The summed E-state index contributed by atoms with van der Waals surface area (Å²) in [5.41, 5.74) is 2.46. The van der Waals surface area contributed by atoms with Gasteiger partial charge in [-0.1, -0.05) is 37.3 Å². The van der Waals surface area contributed by atoms with Gasteiger partial charge in [-0.25, -0.2) is 0 Å². The van der Waals surface area contributed by atoms with Crippen LogP contribution in [0.2, 0.25) is 0 Å². The quantitative estimate of drug-likeness (QED) is 0.845. The Balaban J connectivity index is 2.10. The van der Waals surface area contributed by atoms with Crippen molar-refractivity contribution in [3.05, 3.63) is 53.9 Å². The molecule has 2 aromatic rings. The van der Waals surface area contributed by atoms with Gasteiger partial charge in [-0.05, 0) is 31.0 Å². The minimum absolute atomic E-state index is 0.300. The van der Waals surface area contributed by atoms with Crippen molar-refractivity contribution in [2.75, 3.05) is 6.54 Å². The molecule has 0 aliphatic heterocycles. The standard InChI is InChI=1S/C15H21N3/c1-3-10-16-15(14-9-11-18(2)17-14)12-13-7-5-4-6-8-13/h4-9,11,15-16H,3,10,12H2,1-2H3. The predicted octanol–water partition coefficient (Wildman–Crippen LogP) is 2.70. The second-order valence-corrected chi connectivity index (χ2v) is 4.61. The van der Waals surface area contributed by atoms with Gasteiger partial charge in [-0.3, -0.25) is 4.68 Å². The number of hydrogen-bond acceptors (Lipinski definition) is 2. The number of nitrogens with one attached hydrogen (secondary N) is 1. The van der Waals surface area contributed by atoms with Crippen LogP contribution in [0, 0.1) is 0 Å². The summed E-state index contributed by atoms with van der Waals surface area (Å²) in [4.78, 5) is 0. The average molecular weight is 243 g/mol. The van der Waals surface area contributed by atoms with E-state index in [0.717, 1.165) is 25.1 Å². The lowest BCUT2D eigenvalue weighted by molar-refractivity contribution is 0.511. The molecule has 1 heterocycles. The highest BCUT2D eigenvalue weighted by atomic mass is 15.3. The van der Waals surface area contributed by atoms with E-state index >= 15 is 0 Å². The van der Waals surface area contributed by atoms with Gasteiger partial charge >= 0.3 is 0 Å². The van der Waals surface area contributed by atoms with Gasteiger partial charge in [0.05, 0.1) is 11.7 Å². The van der Waals surface area contributed by atoms with Crippen LogP contribution in [0.3, 0.4) is 0 Å². The lowest BCUT2D eigenvalue weighted by atomic mass is 10.0. The monoisotopic (exact) mass is 243 g/mol. The molecule has 0 aliphatic rings. The van der Waals surface area contributed by atoms with Crippen molar-refractivity contribution in [2.45, 2.75) is 25.8 Å². The maximum Gasteiger partial charge on any atom is 0.0797 e. The highest BCUT2D eigenvalue weighted by Crippen LogP contribution is 2.16. The summed E-state index contributed by atoms with van der Waals surface area (Å²) in [5.74, 6) is 0. The van der Waals surface area contributed by atoms with Crippen LogP contribution < -0.4 is 5.32 Å². The van der Waals surface area contributed by atoms with Crippen LogP contribution >= 0.6 is 0 Å². The topological polar surface area (TPSA) is 29.9 Å². The Bertz CT molecular complexity index is 462. The van der Waals surface area contributed by atoms with Crippen molar-refractivity contribution in [3.8, 4) is 0 Å². The first-order chi connectivity index (χ1) is 8.79. The molecular weight excluding hydrogens is 222 g/mol. The van der Waals surface area contributed by atoms with Gasteiger partial charge in [0.2, 0.25) is 0 Å². The first-order valence-electron chi connectivity index (χ1n) is 6.56. The van der Waals surface area contributed by atoms with Gasteiger partial charge in [-0.15, -0.1) is 0 Å². The Morgan fingerprint density at radius 1 is 1.22 bits per heavy atom. The summed E-state index contributed by atoms with van der Waals surface area (Å²) < 4.78 is 1.86. The summed E-state index contributed by atoms with van der Waals surface area (Å²) in [5, 5.41) is 8.09. The zero-order valence-corrected chi connectivity index (χ0v) is 11.1. The van der Waals surface area contributed by atoms with Crippen molar-refractivity contribution in [1.29, 1.82) is 0 Å². The van der Waals surface area contributed by atoms with Crippen molar-refractivity contribution < 1.29 is 0 Å². The van der Waals surface area contributed by atoms with Crippen molar-refractivity contribution in [1.82, 2.24) is 15.1 Å². The molecule has 96 valence electrons. The number of hydrogen-bond donors (Lipinski definition) is 1. The van der Waals surface area contributed by atoms with E-state index in [4.69, 9.17) is 0 Å². The van der Waals surface area contributed by atoms with Crippen LogP contribution in [0.5, 0.6) is 0 Å². The van der Waals surface area contributed by atoms with E-state index in [-0.39, 0.29) is 0 Å². The van der Waals surface area contributed by atoms with Crippen molar-refractivity contribution >= 4 is 0 Å². The Morgan fingerprint density at radius 3 is 2.61 bits per heavy atom. The van der Waals surface area contributed by atoms with E-state index in [1.807, 2.05) is 17.9 Å². The summed E-state index contributed by atoms with van der Waals surface area (Å²) in [6, 6.07) is 13.0. The van der Waals surface area contributed by atoms with Crippen LogP contribution in [0.4, 0.5) is 0 Å². The molecule has 1 aromatic carbocycles. The molecule has 0 saturated heterocycles. The molecule has 1 unspecified atom stereocenters. The molecule has 0 bridgehead atoms. The van der Waals surface area contributed by atoms with E-state index in [0.29, 0.717) is 6.04 Å². The Kier molecular flexibility index (Phi) is 4.53. The zero-order valence-electron chi connectivity index (χ0n) is 11.1. The van der Waals surface area contributed by atoms with Crippen LogP contribution in [0.15, 0.2) is 42.6 Å². The van der Waals surface area contributed by atoms with Gasteiger partial charge in [0, 0.05) is 13.2 Å². The van der Waals surface area contributed by atoms with Crippen molar-refractivity contribution in [2.24, 2.45) is 7.05 Å². The summed E-state index contributed by atoms with van der Waals surface area (Å²) >= 11 is 0. The molecule has 0 radical (unpaired) electrons. The number of aromatic nitrogens is 2. The Morgan fingerprint density at radius 2 is 2.00 bits per heavy atom. The molecule has 1 N–H and O–H groups in total. The smallest absolute Gasteiger partial charge is 0.0797 e. The van der Waals surface area contributed by atoms with E-state index in [1.165, 1.54) is 5.56 Å². The van der Waals surface area contributed by atoms with E-state index in [2.05, 4.69) is 53.7 Å². The van der Waals surface area contributed by atoms with Gasteiger partial charge in [0.15, 0.2) is 0 Å². The molecule has 2 rings (SSSR count). The zero-order chi connectivity index (χ0) is 12.8. The summed E-state index contributed by atoms with van der Waals surface area (Å²) in [7, 11) is 1.96. The predicted molar refractivity (Wildman–Crippen MR) is 74.4 cm³/mol. The molecule has 0 fully saturated rings. The third-order valence-corrected chi connectivity index (χ3v) is 3.01. The molecule has 0 amide bonds. The van der Waals surface area contributed by atoms with Gasteiger partial charge < -0.3 is 5.32 Å². The number of aryl methyl sites for hydroxylation is 1. The fourth-order valence-corrected chi connectivity index (χ4v) is 2.07. The summed E-state index contributed by atoms with van der Waals surface area (Å²) in [6.45, 7) is 3.21. The molecule has 0 saturated carbocycles. The third kappa shape index (κ3) is 3.44. The van der Waals surface area contributed by atoms with E-state index < -0.39 is 0 Å². The molecule has 18 heavy (non-hydrogen) atoms. The highest BCUT2D eigenvalue weighted by molar-refractivity contribution is 5.18. The van der Waals surface area contributed by atoms with Gasteiger partial charge in [0.1, 0.15) is 0 Å². The maximum absolute atomic E-state index is 4.51. The minimum atomic E-state index is 0.300. The molecule has 3 heteroatoms. The fraction of sp³-hybridized carbons (Fsp3) is 0.400. The minimum Gasteiger partial charge on any atom is -0.308 e. The maximum atomic E-state index is 4.51. The van der Waals surface area contributed by atoms with E-state index in [9.17, 15) is 0 Å². The summed E-state index contributed by atoms with van der Waals surface area (Å²) in [6.07, 6.45) is 4.12. The molecule has 1 atom stereocenters. The molecular formula is C15H21N3. The normalized spacial score (nSPS) is 12.6. The first-order valence-corrected chi connectivity index (χ1v) is 6.56. The molecule has 0 spiro atoms. The van der Waals surface area contributed by atoms with Crippen LogP contribution in [0.1, 0.15) is 30.6 Å². The molecule has 0 aliphatic carbocycles. The second-order valence-electron chi connectivity index (χ2n) is 4.61. The first kappa shape index (κ1) is 12.8. The SMILES string of the molecule is CCCNC(Cc1ccccc1)c1ccn(C)n1. The van der Waals surface area contributed by atoms with Gasteiger partial charge in [-0.2, -0.15) is 5.10 Å². The third-order valence-electron chi connectivity index (χ3n) is 3.01. The number of benzene rings is 1. The molecule has 1 aromatic heterocycles. The molecule has 3 nitrogen and oxygen atoms in total. The second kappa shape index (κ2) is 6.36. The highest BCUT2D eigenvalue weighted by Gasteiger charge is 2.13. The fourth-order valence-electron chi connectivity index (χ4n) is 2.07. The average Bonchev–Trinajstić information content (AvgIpc) is 2.82.